The Morgan fingerprint density at radius 3 is 2.60 bits per heavy atom. The summed E-state index contributed by atoms with van der Waals surface area (Å²) in [5.41, 5.74) is 0. The number of rotatable bonds is 2. The van der Waals surface area contributed by atoms with Crippen LogP contribution in [0.4, 0.5) is 8.78 Å². The molecule has 2 bridgehead atoms. The molecule has 1 aliphatic carbocycles. The Bertz CT molecular complexity index is 379. The normalized spacial score (nSPS) is 48.0. The Kier molecular flexibility index (Phi) is 3.98. The molecule has 2 heterocycles. The van der Waals surface area contributed by atoms with Crippen molar-refractivity contribution < 1.29 is 23.6 Å². The van der Waals surface area contributed by atoms with Crippen molar-refractivity contribution in [1.29, 1.82) is 0 Å². The van der Waals surface area contributed by atoms with Crippen LogP contribution in [0.1, 0.15) is 38.5 Å². The number of carbonyl (C=O) groups is 1. The molecule has 20 heavy (non-hydrogen) atoms. The van der Waals surface area contributed by atoms with Crippen LogP contribution in [0.25, 0.3) is 0 Å². The molecular weight excluding hydrogens is 264 g/mol. The van der Waals surface area contributed by atoms with Gasteiger partial charge in [-0.1, -0.05) is 0 Å². The number of fused-ring (bicyclic) bond motifs is 2. The van der Waals surface area contributed by atoms with Gasteiger partial charge in [0.2, 0.25) is 0 Å². The highest BCUT2D eigenvalue weighted by atomic mass is 19.2. The van der Waals surface area contributed by atoms with E-state index in [1.165, 1.54) is 7.11 Å². The zero-order valence-electron chi connectivity index (χ0n) is 11.9. The molecule has 0 aromatic carbocycles. The number of piperidine rings is 1. The third-order valence-electron chi connectivity index (χ3n) is 5.70. The minimum Gasteiger partial charge on any atom is -0.469 e. The summed E-state index contributed by atoms with van der Waals surface area (Å²) in [5, 5.41) is 2.30. The Labute approximate surface area is 118 Å². The highest BCUT2D eigenvalue weighted by molar-refractivity contribution is 5.73. The average molecular weight is 288 g/mol. The van der Waals surface area contributed by atoms with Crippen LogP contribution in [0.15, 0.2) is 0 Å². The first-order chi connectivity index (χ1) is 9.60. The first-order valence-electron chi connectivity index (χ1n) is 7.81. The van der Waals surface area contributed by atoms with Crippen molar-refractivity contribution >= 4 is 5.97 Å². The number of alkyl halides is 2. The SMILES string of the molecule is COC(=O)C1C2CC[C@H](C[C@@H]1C1CCC(F)C(F)C1)[NH2+]2. The summed E-state index contributed by atoms with van der Waals surface area (Å²) in [4.78, 5) is 12.1. The lowest BCUT2D eigenvalue weighted by molar-refractivity contribution is -0.718. The van der Waals surface area contributed by atoms with Crippen LogP contribution in [-0.4, -0.2) is 37.5 Å². The van der Waals surface area contributed by atoms with Crippen LogP contribution in [0.2, 0.25) is 0 Å². The van der Waals surface area contributed by atoms with E-state index in [1.807, 2.05) is 0 Å². The molecule has 5 heteroatoms. The maximum absolute atomic E-state index is 13.7. The largest absolute Gasteiger partial charge is 0.469 e. The predicted molar refractivity (Wildman–Crippen MR) is 69.5 cm³/mol. The molecule has 3 rings (SSSR count). The Hall–Kier alpha value is -0.710. The van der Waals surface area contributed by atoms with Gasteiger partial charge in [-0.3, -0.25) is 4.79 Å². The third-order valence-corrected chi connectivity index (χ3v) is 5.70. The summed E-state index contributed by atoms with van der Waals surface area (Å²) in [7, 11) is 1.43. The van der Waals surface area contributed by atoms with E-state index in [2.05, 4.69) is 5.32 Å². The first kappa shape index (κ1) is 14.2. The fourth-order valence-corrected chi connectivity index (χ4v) is 4.73. The molecule has 2 aliphatic heterocycles. The van der Waals surface area contributed by atoms with Gasteiger partial charge in [-0.15, -0.1) is 0 Å². The second-order valence-corrected chi connectivity index (χ2v) is 6.75. The van der Waals surface area contributed by atoms with E-state index in [-0.39, 0.29) is 36.2 Å². The van der Waals surface area contributed by atoms with Gasteiger partial charge in [0, 0.05) is 19.3 Å². The zero-order valence-corrected chi connectivity index (χ0v) is 11.9. The smallest absolute Gasteiger partial charge is 0.315 e. The number of ether oxygens (including phenoxy) is 1. The Morgan fingerprint density at radius 2 is 1.90 bits per heavy atom. The van der Waals surface area contributed by atoms with Crippen LogP contribution in [0, 0.1) is 17.8 Å². The van der Waals surface area contributed by atoms with E-state index in [0.717, 1.165) is 19.3 Å². The van der Waals surface area contributed by atoms with Gasteiger partial charge in [0.15, 0.2) is 0 Å². The molecule has 3 aliphatic rings. The molecule has 3 fully saturated rings. The molecule has 0 aromatic rings. The number of hydrogen-bond acceptors (Lipinski definition) is 2. The summed E-state index contributed by atoms with van der Waals surface area (Å²) in [5.74, 6) is 0.0232. The molecule has 2 saturated heterocycles. The molecule has 0 radical (unpaired) electrons. The molecule has 0 spiro atoms. The Morgan fingerprint density at radius 1 is 1.10 bits per heavy atom. The first-order valence-corrected chi connectivity index (χ1v) is 7.81. The minimum absolute atomic E-state index is 0.132. The monoisotopic (exact) mass is 288 g/mol. The van der Waals surface area contributed by atoms with Crippen molar-refractivity contribution in [3.63, 3.8) is 0 Å². The maximum atomic E-state index is 13.7. The zero-order chi connectivity index (χ0) is 14.3. The molecule has 3 nitrogen and oxygen atoms in total. The fraction of sp³-hybridized carbons (Fsp3) is 0.933. The van der Waals surface area contributed by atoms with Crippen molar-refractivity contribution in [2.75, 3.05) is 7.11 Å². The van der Waals surface area contributed by atoms with Crippen molar-refractivity contribution in [2.45, 2.75) is 63.0 Å². The number of esters is 1. The van der Waals surface area contributed by atoms with E-state index in [1.54, 1.807) is 0 Å². The second-order valence-electron chi connectivity index (χ2n) is 6.75. The molecular formula is C15H24F2NO2+. The van der Waals surface area contributed by atoms with Gasteiger partial charge in [0.05, 0.1) is 13.2 Å². The van der Waals surface area contributed by atoms with Crippen LogP contribution in [-0.2, 0) is 9.53 Å². The topological polar surface area (TPSA) is 42.9 Å². The fourth-order valence-electron chi connectivity index (χ4n) is 4.73. The lowest BCUT2D eigenvalue weighted by Crippen LogP contribution is -2.95. The molecule has 5 unspecified atom stereocenters. The summed E-state index contributed by atoms with van der Waals surface area (Å²) in [6.45, 7) is 0. The molecule has 0 aromatic heterocycles. The lowest BCUT2D eigenvalue weighted by Gasteiger charge is -2.40. The van der Waals surface area contributed by atoms with Gasteiger partial charge >= 0.3 is 5.97 Å². The number of hydrogen-bond donors (Lipinski definition) is 1. The quantitative estimate of drug-likeness (QED) is 0.780. The van der Waals surface area contributed by atoms with E-state index in [0.29, 0.717) is 18.9 Å². The summed E-state index contributed by atoms with van der Waals surface area (Å²) in [6, 6.07) is 0.847. The number of nitrogens with two attached hydrogens (primary N) is 1. The van der Waals surface area contributed by atoms with Crippen molar-refractivity contribution in [1.82, 2.24) is 0 Å². The van der Waals surface area contributed by atoms with E-state index < -0.39 is 12.3 Å². The summed E-state index contributed by atoms with van der Waals surface area (Å²) < 4.78 is 32.0. The van der Waals surface area contributed by atoms with E-state index in [4.69, 9.17) is 4.74 Å². The van der Waals surface area contributed by atoms with Gasteiger partial charge in [-0.05, 0) is 31.1 Å². The van der Waals surface area contributed by atoms with Gasteiger partial charge in [-0.25, -0.2) is 8.78 Å². The number of methoxy groups -OCH3 is 1. The Balaban J connectivity index is 1.77. The highest BCUT2D eigenvalue weighted by Gasteiger charge is 2.52. The standard InChI is InChI=1S/C15H23F2NO2/c1-20-15(19)14-10(7-9-3-5-13(14)18-9)8-2-4-11(16)12(17)6-8/h8-14,18H,2-7H2,1H3/p+1/t8?,9-,10-,11?,12?,13?,14?/m1/s1. The highest BCUT2D eigenvalue weighted by Crippen LogP contribution is 2.43. The van der Waals surface area contributed by atoms with Gasteiger partial charge in [-0.2, -0.15) is 0 Å². The third kappa shape index (κ3) is 2.45. The van der Waals surface area contributed by atoms with Gasteiger partial charge in [0.1, 0.15) is 24.3 Å². The van der Waals surface area contributed by atoms with E-state index in [9.17, 15) is 13.6 Å². The van der Waals surface area contributed by atoms with Crippen LogP contribution in [0.3, 0.4) is 0 Å². The van der Waals surface area contributed by atoms with E-state index >= 15 is 0 Å². The average Bonchev–Trinajstić information content (AvgIpc) is 2.82. The summed E-state index contributed by atoms with van der Waals surface area (Å²) in [6.07, 6.45) is 1.74. The molecule has 114 valence electrons. The lowest BCUT2D eigenvalue weighted by atomic mass is 9.68. The van der Waals surface area contributed by atoms with Gasteiger partial charge in [0.25, 0.3) is 0 Å². The van der Waals surface area contributed by atoms with Crippen LogP contribution >= 0.6 is 0 Å². The van der Waals surface area contributed by atoms with Gasteiger partial charge < -0.3 is 10.1 Å². The number of halogens is 2. The van der Waals surface area contributed by atoms with Crippen LogP contribution in [0.5, 0.6) is 0 Å². The number of quaternary nitrogens is 1. The van der Waals surface area contributed by atoms with Crippen molar-refractivity contribution in [2.24, 2.45) is 17.8 Å². The predicted octanol–water partition coefficient (Wildman–Crippen LogP) is 1.37. The maximum Gasteiger partial charge on any atom is 0.315 e. The molecule has 1 saturated carbocycles. The summed E-state index contributed by atoms with van der Waals surface area (Å²) >= 11 is 0. The molecule has 0 amide bonds. The van der Waals surface area contributed by atoms with Crippen molar-refractivity contribution in [3.8, 4) is 0 Å². The second kappa shape index (κ2) is 5.58. The molecule has 7 atom stereocenters. The van der Waals surface area contributed by atoms with Crippen molar-refractivity contribution in [3.05, 3.63) is 0 Å². The minimum atomic E-state index is -1.35. The number of carbonyl (C=O) groups excluding carboxylic acids is 1. The molecule has 2 N–H and O–H groups in total. The van der Waals surface area contributed by atoms with Crippen LogP contribution < -0.4 is 5.32 Å².